The van der Waals surface area contributed by atoms with E-state index in [4.69, 9.17) is 15.6 Å². The molecule has 0 spiro atoms. The summed E-state index contributed by atoms with van der Waals surface area (Å²) in [5, 5.41) is 8.86. The number of rotatable bonds is 2. The van der Waals surface area contributed by atoms with E-state index in [1.165, 1.54) is 0 Å². The minimum absolute atomic E-state index is 0.0219. The van der Waals surface area contributed by atoms with Gasteiger partial charge < -0.3 is 20.6 Å². The summed E-state index contributed by atoms with van der Waals surface area (Å²) in [6.45, 7) is 0. The van der Waals surface area contributed by atoms with Crippen molar-refractivity contribution in [1.29, 1.82) is 0 Å². The molecule has 2 aromatic rings. The van der Waals surface area contributed by atoms with Crippen LogP contribution in [0.5, 0.6) is 0 Å². The average molecular weight is 265 g/mol. The molecule has 5 N–H and O–H groups in total. The number of hydrogen-bond acceptors (Lipinski definition) is 6. The first-order valence-electron chi connectivity index (χ1n) is 5.68. The number of nitrogens with one attached hydrogen (secondary N) is 2. The molecule has 100 valence electrons. The number of nitrogen functional groups attached to an aromatic ring is 1. The zero-order valence-corrected chi connectivity index (χ0v) is 9.71. The van der Waals surface area contributed by atoms with Gasteiger partial charge in [-0.05, 0) is 12.8 Å². The number of carbonyl (C=O) groups is 1. The molecule has 1 fully saturated rings. The molecular weight excluding hydrogens is 254 g/mol. The lowest BCUT2D eigenvalue weighted by molar-refractivity contribution is -0.149. The number of aromatic nitrogens is 4. The molecule has 0 aliphatic carbocycles. The number of carboxylic acid groups (broad SMARTS) is 1. The zero-order valence-electron chi connectivity index (χ0n) is 9.71. The molecule has 9 heteroatoms. The number of nitrogens with zero attached hydrogens (tertiary/aromatic N) is 2. The predicted octanol–water partition coefficient (Wildman–Crippen LogP) is -0.467. The van der Waals surface area contributed by atoms with E-state index in [2.05, 4.69) is 19.9 Å². The molecule has 0 aromatic carbocycles. The Morgan fingerprint density at radius 1 is 1.37 bits per heavy atom. The molecule has 2 aromatic heterocycles. The summed E-state index contributed by atoms with van der Waals surface area (Å²) < 4.78 is 5.34. The molecule has 9 nitrogen and oxygen atoms in total. The van der Waals surface area contributed by atoms with Crippen LogP contribution in [0.2, 0.25) is 0 Å². The monoisotopic (exact) mass is 265 g/mol. The van der Waals surface area contributed by atoms with E-state index in [9.17, 15) is 9.59 Å². The van der Waals surface area contributed by atoms with Crippen molar-refractivity contribution in [1.82, 2.24) is 19.9 Å². The largest absolute Gasteiger partial charge is 0.479 e. The predicted molar refractivity (Wildman–Crippen MR) is 63.4 cm³/mol. The van der Waals surface area contributed by atoms with Crippen LogP contribution >= 0.6 is 0 Å². The van der Waals surface area contributed by atoms with Crippen molar-refractivity contribution in [3.05, 3.63) is 16.2 Å². The third-order valence-corrected chi connectivity index (χ3v) is 3.00. The van der Waals surface area contributed by atoms with Gasteiger partial charge in [-0.25, -0.2) is 9.78 Å². The van der Waals surface area contributed by atoms with E-state index in [1.807, 2.05) is 0 Å². The number of imidazole rings is 1. The minimum atomic E-state index is -1.00. The number of aromatic amines is 2. The molecule has 2 unspecified atom stereocenters. The topological polar surface area (TPSA) is 147 Å². The van der Waals surface area contributed by atoms with Crippen LogP contribution in [0.4, 0.5) is 5.95 Å². The van der Waals surface area contributed by atoms with E-state index in [1.54, 1.807) is 0 Å². The molecule has 3 heterocycles. The van der Waals surface area contributed by atoms with Crippen molar-refractivity contribution in [3.63, 3.8) is 0 Å². The second-order valence-electron chi connectivity index (χ2n) is 4.30. The molecular formula is C10H11N5O4. The molecule has 0 radical (unpaired) electrons. The highest BCUT2D eigenvalue weighted by Gasteiger charge is 2.33. The molecule has 0 bridgehead atoms. The molecule has 2 atom stereocenters. The normalized spacial score (nSPS) is 22.9. The molecule has 19 heavy (non-hydrogen) atoms. The molecule has 1 aliphatic heterocycles. The lowest BCUT2D eigenvalue weighted by Gasteiger charge is -2.07. The number of hydrogen-bond donors (Lipinski definition) is 4. The lowest BCUT2D eigenvalue weighted by atomic mass is 10.2. The van der Waals surface area contributed by atoms with E-state index in [0.29, 0.717) is 18.7 Å². The van der Waals surface area contributed by atoms with Crippen LogP contribution in [0.3, 0.4) is 0 Å². The van der Waals surface area contributed by atoms with Crippen LogP contribution in [0.1, 0.15) is 24.8 Å². The van der Waals surface area contributed by atoms with Crippen molar-refractivity contribution in [2.45, 2.75) is 25.0 Å². The first-order chi connectivity index (χ1) is 9.04. The van der Waals surface area contributed by atoms with Crippen LogP contribution in [-0.4, -0.2) is 37.1 Å². The summed E-state index contributed by atoms with van der Waals surface area (Å²) in [5.41, 5.74) is 5.39. The first-order valence-corrected chi connectivity index (χ1v) is 5.68. The second kappa shape index (κ2) is 4.05. The van der Waals surface area contributed by atoms with Gasteiger partial charge in [0.1, 0.15) is 11.9 Å². The zero-order chi connectivity index (χ0) is 13.6. The summed E-state index contributed by atoms with van der Waals surface area (Å²) in [4.78, 5) is 35.6. The van der Waals surface area contributed by atoms with Gasteiger partial charge in [0, 0.05) is 0 Å². The third-order valence-electron chi connectivity index (χ3n) is 3.00. The van der Waals surface area contributed by atoms with Gasteiger partial charge in [-0.15, -0.1) is 0 Å². The van der Waals surface area contributed by atoms with Gasteiger partial charge in [0.05, 0.1) is 0 Å². The first kappa shape index (κ1) is 11.7. The Kier molecular flexibility index (Phi) is 2.49. The second-order valence-corrected chi connectivity index (χ2v) is 4.30. The van der Waals surface area contributed by atoms with Crippen LogP contribution in [0.25, 0.3) is 11.2 Å². The Labute approximate surface area is 105 Å². The molecule has 0 saturated carbocycles. The van der Waals surface area contributed by atoms with Crippen molar-refractivity contribution in [2.24, 2.45) is 0 Å². The number of anilines is 1. The van der Waals surface area contributed by atoms with E-state index in [-0.39, 0.29) is 17.1 Å². The fourth-order valence-electron chi connectivity index (χ4n) is 2.11. The summed E-state index contributed by atoms with van der Waals surface area (Å²) in [7, 11) is 0. The van der Waals surface area contributed by atoms with Crippen LogP contribution in [0.15, 0.2) is 4.79 Å². The Hall–Kier alpha value is -2.42. The average Bonchev–Trinajstić information content (AvgIpc) is 2.92. The van der Waals surface area contributed by atoms with Gasteiger partial charge in [-0.2, -0.15) is 4.98 Å². The Balaban J connectivity index is 1.97. The molecule has 0 amide bonds. The number of aliphatic carboxylic acids is 1. The van der Waals surface area contributed by atoms with E-state index < -0.39 is 23.7 Å². The van der Waals surface area contributed by atoms with E-state index >= 15 is 0 Å². The van der Waals surface area contributed by atoms with Gasteiger partial charge in [0.15, 0.2) is 17.3 Å². The van der Waals surface area contributed by atoms with Crippen molar-refractivity contribution >= 4 is 23.1 Å². The molecule has 1 aliphatic rings. The molecule has 3 rings (SSSR count). The van der Waals surface area contributed by atoms with Gasteiger partial charge in [-0.3, -0.25) is 9.78 Å². The minimum Gasteiger partial charge on any atom is -0.479 e. The van der Waals surface area contributed by atoms with Crippen LogP contribution in [0, 0.1) is 0 Å². The Morgan fingerprint density at radius 2 is 2.16 bits per heavy atom. The highest BCUT2D eigenvalue weighted by Crippen LogP contribution is 2.31. The third kappa shape index (κ3) is 1.93. The maximum Gasteiger partial charge on any atom is 0.332 e. The number of ether oxygens (including phenoxy) is 1. The smallest absolute Gasteiger partial charge is 0.332 e. The van der Waals surface area contributed by atoms with Gasteiger partial charge >= 0.3 is 5.97 Å². The Morgan fingerprint density at radius 3 is 2.84 bits per heavy atom. The van der Waals surface area contributed by atoms with Gasteiger partial charge in [0.25, 0.3) is 5.56 Å². The summed E-state index contributed by atoms with van der Waals surface area (Å²) in [6.07, 6.45) is -0.391. The number of nitrogens with two attached hydrogens (primary N) is 1. The maximum atomic E-state index is 11.6. The SMILES string of the molecule is Nc1nc2nc(C3CCC(C(=O)O)O3)[nH]c2c(=O)[nH]1. The van der Waals surface area contributed by atoms with Crippen LogP contribution < -0.4 is 11.3 Å². The Bertz CT molecular complexity index is 705. The summed E-state index contributed by atoms with van der Waals surface area (Å²) in [6, 6.07) is 0. The summed E-state index contributed by atoms with van der Waals surface area (Å²) >= 11 is 0. The van der Waals surface area contributed by atoms with Crippen LogP contribution in [-0.2, 0) is 9.53 Å². The van der Waals surface area contributed by atoms with Gasteiger partial charge in [0.2, 0.25) is 5.95 Å². The fraction of sp³-hybridized carbons (Fsp3) is 0.400. The van der Waals surface area contributed by atoms with Crippen molar-refractivity contribution in [3.8, 4) is 0 Å². The molecule has 1 saturated heterocycles. The van der Waals surface area contributed by atoms with Crippen molar-refractivity contribution in [2.75, 3.05) is 5.73 Å². The lowest BCUT2D eigenvalue weighted by Crippen LogP contribution is -2.18. The van der Waals surface area contributed by atoms with Crippen molar-refractivity contribution < 1.29 is 14.6 Å². The maximum absolute atomic E-state index is 11.6. The number of H-pyrrole nitrogens is 2. The van der Waals surface area contributed by atoms with E-state index in [0.717, 1.165) is 0 Å². The number of fused-ring (bicyclic) bond motifs is 1. The van der Waals surface area contributed by atoms with Gasteiger partial charge in [-0.1, -0.05) is 0 Å². The number of carboxylic acids is 1. The quantitative estimate of drug-likeness (QED) is 0.574. The highest BCUT2D eigenvalue weighted by molar-refractivity contribution is 5.73. The standard InChI is InChI=1S/C10H11N5O4/c11-10-14-7-5(8(16)15-10)12-6(13-7)3-1-2-4(19-3)9(17)18/h3-4H,1-2H2,(H,17,18)(H4,11,12,13,14,15,16). The highest BCUT2D eigenvalue weighted by atomic mass is 16.5. The fourth-order valence-corrected chi connectivity index (χ4v) is 2.11. The summed E-state index contributed by atoms with van der Waals surface area (Å²) in [5.74, 6) is -0.632.